The number of ether oxygens (including phenoxy) is 2. The number of anilines is 2. The highest BCUT2D eigenvalue weighted by Gasteiger charge is 2.25. The third kappa shape index (κ3) is 5.22. The van der Waals surface area contributed by atoms with E-state index in [1.807, 2.05) is 13.8 Å². The smallest absolute Gasteiger partial charge is 0.387 e. The van der Waals surface area contributed by atoms with Crippen molar-refractivity contribution in [1.29, 1.82) is 0 Å². The number of nitrogens with zero attached hydrogens (tertiary/aromatic N) is 3. The lowest BCUT2D eigenvalue weighted by Gasteiger charge is -2.27. The minimum atomic E-state index is -2.96. The van der Waals surface area contributed by atoms with Crippen LogP contribution >= 0.6 is 12.2 Å². The summed E-state index contributed by atoms with van der Waals surface area (Å²) in [5.41, 5.74) is 1.92. The first-order valence-electron chi connectivity index (χ1n) is 9.45. The van der Waals surface area contributed by atoms with Crippen molar-refractivity contribution >= 4 is 34.6 Å². The van der Waals surface area contributed by atoms with Crippen molar-refractivity contribution in [2.75, 3.05) is 36.9 Å². The molecule has 0 aliphatic carbocycles. The number of carbonyl (C=O) groups is 1. The number of thiocarbonyl (C=S) groups is 1. The normalized spacial score (nSPS) is 14.0. The fourth-order valence-corrected chi connectivity index (χ4v) is 3.29. The number of rotatable bonds is 6. The fourth-order valence-electron chi connectivity index (χ4n) is 3.07. The molecule has 162 valence electrons. The molecule has 1 aromatic heterocycles. The van der Waals surface area contributed by atoms with Gasteiger partial charge in [-0.15, -0.1) is 0 Å². The summed E-state index contributed by atoms with van der Waals surface area (Å²) in [5, 5.41) is 10.2. The second kappa shape index (κ2) is 9.81. The Morgan fingerprint density at radius 2 is 2.00 bits per heavy atom. The van der Waals surface area contributed by atoms with E-state index in [9.17, 15) is 13.6 Å². The molecule has 0 radical (unpaired) electrons. The molecule has 1 aliphatic rings. The summed E-state index contributed by atoms with van der Waals surface area (Å²) in [7, 11) is 0. The molecular formula is C19H23F2N5O3S. The Kier molecular flexibility index (Phi) is 7.16. The molecule has 0 spiro atoms. The number of hydrogen-bond donors (Lipinski definition) is 2. The number of carbonyl (C=O) groups excluding carboxylic acids is 1. The van der Waals surface area contributed by atoms with Gasteiger partial charge in [0, 0.05) is 19.6 Å². The van der Waals surface area contributed by atoms with Crippen LogP contribution < -0.4 is 15.4 Å². The topological polar surface area (TPSA) is 80.7 Å². The Morgan fingerprint density at radius 3 is 2.67 bits per heavy atom. The maximum Gasteiger partial charge on any atom is 0.387 e. The summed E-state index contributed by atoms with van der Waals surface area (Å²) < 4.78 is 36.8. The van der Waals surface area contributed by atoms with Gasteiger partial charge in [-0.05, 0) is 43.8 Å². The Labute approximate surface area is 178 Å². The fraction of sp³-hybridized carbons (Fsp3) is 0.421. The van der Waals surface area contributed by atoms with Crippen LogP contribution in [0.15, 0.2) is 24.4 Å². The predicted molar refractivity (Wildman–Crippen MR) is 112 cm³/mol. The Morgan fingerprint density at radius 1 is 1.30 bits per heavy atom. The second-order valence-electron chi connectivity index (χ2n) is 6.58. The minimum absolute atomic E-state index is 0.0337. The number of nitrogens with one attached hydrogen (secondary N) is 2. The SMILES string of the molecule is CCn1ncc(NC(=S)Nc2cc(C)ccc2OC(F)F)c1C(=O)N1CCOCC1. The molecule has 0 saturated carbocycles. The Bertz CT molecular complexity index is 916. The summed E-state index contributed by atoms with van der Waals surface area (Å²) in [4.78, 5) is 14.7. The quantitative estimate of drug-likeness (QED) is 0.670. The van der Waals surface area contributed by atoms with Crippen molar-refractivity contribution in [3.8, 4) is 5.75 Å². The van der Waals surface area contributed by atoms with Gasteiger partial charge in [-0.25, -0.2) is 0 Å². The van der Waals surface area contributed by atoms with Crippen LogP contribution in [0.3, 0.4) is 0 Å². The molecule has 1 aliphatic heterocycles. The number of aromatic nitrogens is 2. The van der Waals surface area contributed by atoms with Crippen molar-refractivity contribution in [2.45, 2.75) is 27.0 Å². The molecule has 8 nitrogen and oxygen atoms in total. The molecule has 3 rings (SSSR count). The van der Waals surface area contributed by atoms with Crippen molar-refractivity contribution in [2.24, 2.45) is 0 Å². The summed E-state index contributed by atoms with van der Waals surface area (Å²) in [6.07, 6.45) is 1.51. The van der Waals surface area contributed by atoms with Crippen molar-refractivity contribution in [1.82, 2.24) is 14.7 Å². The molecule has 2 N–H and O–H groups in total. The average molecular weight is 439 g/mol. The average Bonchev–Trinajstić information content (AvgIpc) is 3.12. The predicted octanol–water partition coefficient (Wildman–Crippen LogP) is 3.09. The van der Waals surface area contributed by atoms with Gasteiger partial charge in [0.15, 0.2) is 5.11 Å². The number of aryl methyl sites for hydroxylation is 2. The molecule has 2 heterocycles. The van der Waals surface area contributed by atoms with Gasteiger partial charge in [0.1, 0.15) is 11.4 Å². The van der Waals surface area contributed by atoms with Crippen LogP contribution in [0.2, 0.25) is 0 Å². The van der Waals surface area contributed by atoms with Crippen molar-refractivity contribution < 1.29 is 23.0 Å². The number of halogens is 2. The van der Waals surface area contributed by atoms with Crippen LogP contribution in [0, 0.1) is 6.92 Å². The Balaban J connectivity index is 1.78. The first kappa shape index (κ1) is 21.9. The largest absolute Gasteiger partial charge is 0.433 e. The van der Waals surface area contributed by atoms with Crippen LogP contribution in [0.1, 0.15) is 23.0 Å². The van der Waals surface area contributed by atoms with E-state index in [4.69, 9.17) is 17.0 Å². The molecule has 2 aromatic rings. The first-order chi connectivity index (χ1) is 14.4. The van der Waals surface area contributed by atoms with Crippen molar-refractivity contribution in [3.63, 3.8) is 0 Å². The van der Waals surface area contributed by atoms with E-state index < -0.39 is 6.61 Å². The molecule has 0 bridgehead atoms. The molecule has 0 unspecified atom stereocenters. The summed E-state index contributed by atoms with van der Waals surface area (Å²) in [6.45, 7) is 3.18. The molecule has 0 atom stereocenters. The number of amides is 1. The van der Waals surface area contributed by atoms with Crippen LogP contribution in [0.4, 0.5) is 20.2 Å². The molecule has 30 heavy (non-hydrogen) atoms. The lowest BCUT2D eigenvalue weighted by atomic mass is 10.2. The van der Waals surface area contributed by atoms with Gasteiger partial charge in [0.25, 0.3) is 5.91 Å². The summed E-state index contributed by atoms with van der Waals surface area (Å²) in [6, 6.07) is 4.74. The van der Waals surface area contributed by atoms with Crippen LogP contribution in [0.25, 0.3) is 0 Å². The zero-order chi connectivity index (χ0) is 21.7. The number of alkyl halides is 2. The standard InChI is InChI=1S/C19H23F2N5O3S/c1-3-26-16(17(27)25-6-8-28-9-7-25)14(11-22-26)24-19(30)23-13-10-12(2)4-5-15(13)29-18(20)21/h4-5,10-11,18H,3,6-9H2,1-2H3,(H2,23,24,30). The highest BCUT2D eigenvalue weighted by molar-refractivity contribution is 7.80. The van der Waals surface area contributed by atoms with E-state index in [0.717, 1.165) is 5.56 Å². The number of hydrogen-bond acceptors (Lipinski definition) is 5. The van der Waals surface area contributed by atoms with E-state index in [1.165, 1.54) is 12.3 Å². The van der Waals surface area contributed by atoms with Gasteiger partial charge >= 0.3 is 6.61 Å². The van der Waals surface area contributed by atoms with E-state index in [1.54, 1.807) is 21.7 Å². The maximum atomic E-state index is 13.0. The van der Waals surface area contributed by atoms with E-state index in [-0.39, 0.29) is 22.5 Å². The summed E-state index contributed by atoms with van der Waals surface area (Å²) >= 11 is 5.34. The van der Waals surface area contributed by atoms with Gasteiger partial charge in [-0.2, -0.15) is 13.9 Å². The minimum Gasteiger partial charge on any atom is -0.433 e. The second-order valence-corrected chi connectivity index (χ2v) is 6.99. The third-order valence-corrected chi connectivity index (χ3v) is 4.69. The Hall–Kier alpha value is -2.79. The van der Waals surface area contributed by atoms with E-state index in [2.05, 4.69) is 20.5 Å². The monoisotopic (exact) mass is 439 g/mol. The number of benzene rings is 1. The molecule has 1 aromatic carbocycles. The molecular weight excluding hydrogens is 416 g/mol. The zero-order valence-electron chi connectivity index (χ0n) is 16.7. The van der Waals surface area contributed by atoms with Crippen LogP contribution in [0.5, 0.6) is 5.75 Å². The third-order valence-electron chi connectivity index (χ3n) is 4.49. The van der Waals surface area contributed by atoms with Gasteiger partial charge in [0.05, 0.1) is 30.8 Å². The first-order valence-corrected chi connectivity index (χ1v) is 9.86. The molecule has 1 fully saturated rings. The lowest BCUT2D eigenvalue weighted by Crippen LogP contribution is -2.41. The van der Waals surface area contributed by atoms with E-state index >= 15 is 0 Å². The highest BCUT2D eigenvalue weighted by Crippen LogP contribution is 2.28. The zero-order valence-corrected chi connectivity index (χ0v) is 17.5. The van der Waals surface area contributed by atoms with Crippen LogP contribution in [-0.4, -0.2) is 58.6 Å². The van der Waals surface area contributed by atoms with Gasteiger partial charge in [-0.3, -0.25) is 9.48 Å². The number of morpholine rings is 1. The van der Waals surface area contributed by atoms with Crippen molar-refractivity contribution in [3.05, 3.63) is 35.7 Å². The van der Waals surface area contributed by atoms with Gasteiger partial charge in [0.2, 0.25) is 0 Å². The maximum absolute atomic E-state index is 13.0. The van der Waals surface area contributed by atoms with E-state index in [0.29, 0.717) is 44.2 Å². The lowest BCUT2D eigenvalue weighted by molar-refractivity contribution is -0.0493. The molecule has 11 heteroatoms. The highest BCUT2D eigenvalue weighted by atomic mass is 32.1. The summed E-state index contributed by atoms with van der Waals surface area (Å²) in [5.74, 6) is -0.214. The molecule has 1 amide bonds. The van der Waals surface area contributed by atoms with Crippen LogP contribution in [-0.2, 0) is 11.3 Å². The van der Waals surface area contributed by atoms with Gasteiger partial charge < -0.3 is 25.0 Å². The van der Waals surface area contributed by atoms with Gasteiger partial charge in [-0.1, -0.05) is 6.07 Å². The molecule has 1 saturated heterocycles.